The van der Waals surface area contributed by atoms with Gasteiger partial charge in [0.05, 0.1) is 6.66 Å². The van der Waals surface area contributed by atoms with E-state index in [2.05, 4.69) is 98.5 Å². The Hall–Kier alpha value is -1.43. The molecule has 0 unspecified atom stereocenters. The minimum absolute atomic E-state index is 0. The van der Waals surface area contributed by atoms with Crippen molar-refractivity contribution in [2.75, 3.05) is 6.66 Å². The molecule has 0 aromatic heterocycles. The topological polar surface area (TPSA) is 0 Å². The van der Waals surface area contributed by atoms with Crippen molar-refractivity contribution in [3.05, 3.63) is 90.5 Å². The van der Waals surface area contributed by atoms with Gasteiger partial charge >= 0.3 is 0 Å². The zero-order chi connectivity index (χ0) is 20.4. The average molecular weight is 483 g/mol. The van der Waals surface area contributed by atoms with Crippen molar-refractivity contribution < 1.29 is 17.0 Å². The molecule has 0 N–H and O–H groups in total. The lowest BCUT2D eigenvalue weighted by molar-refractivity contribution is -0.00000593. The summed E-state index contributed by atoms with van der Waals surface area (Å²) in [6.07, 6.45) is 10.7. The Morgan fingerprint density at radius 1 is 0.567 bits per heavy atom. The van der Waals surface area contributed by atoms with Gasteiger partial charge in [0.1, 0.15) is 23.2 Å². The van der Waals surface area contributed by atoms with Crippen molar-refractivity contribution in [2.45, 2.75) is 58.3 Å². The zero-order valence-electron chi connectivity index (χ0n) is 18.6. The van der Waals surface area contributed by atoms with Crippen LogP contribution in [0.2, 0.25) is 0 Å². The van der Waals surface area contributed by atoms with E-state index in [1.54, 1.807) is 10.9 Å². The van der Waals surface area contributed by atoms with Gasteiger partial charge in [0.15, 0.2) is 0 Å². The predicted octanol–water partition coefficient (Wildman–Crippen LogP) is 3.91. The van der Waals surface area contributed by atoms with E-state index in [0.29, 0.717) is 0 Å². The van der Waals surface area contributed by atoms with Crippen LogP contribution in [0.1, 0.15) is 57.4 Å². The molecule has 0 saturated carbocycles. The third-order valence-electron chi connectivity index (χ3n) is 6.07. The van der Waals surface area contributed by atoms with Gasteiger partial charge in [0, 0.05) is 0 Å². The van der Waals surface area contributed by atoms with E-state index in [1.807, 2.05) is 0 Å². The van der Waals surface area contributed by atoms with Gasteiger partial charge in [-0.25, -0.2) is 0 Å². The van der Waals surface area contributed by atoms with Crippen molar-refractivity contribution >= 4 is 23.2 Å². The Morgan fingerprint density at radius 3 is 1.60 bits per heavy atom. The van der Waals surface area contributed by atoms with E-state index in [9.17, 15) is 0 Å². The summed E-state index contributed by atoms with van der Waals surface area (Å²) in [6, 6.07) is 31.5. The molecular formula is C28H36BrP. The quantitative estimate of drug-likeness (QED) is 0.287. The fourth-order valence-electron chi connectivity index (χ4n) is 4.31. The van der Waals surface area contributed by atoms with Crippen LogP contribution in [0.4, 0.5) is 0 Å². The fraction of sp³-hybridized carbons (Fsp3) is 0.357. The van der Waals surface area contributed by atoms with Crippen LogP contribution < -0.4 is 32.9 Å². The molecule has 0 saturated heterocycles. The molecule has 0 spiro atoms. The SMILES string of the molecule is CCCCCCCCCc1ccccc1[P+](C)(c1ccccc1)c1ccccc1.[Br-]. The summed E-state index contributed by atoms with van der Waals surface area (Å²) < 4.78 is 0. The van der Waals surface area contributed by atoms with Crippen LogP contribution in [-0.4, -0.2) is 6.66 Å². The predicted molar refractivity (Wildman–Crippen MR) is 133 cm³/mol. The first kappa shape index (κ1) is 24.8. The molecule has 3 aromatic carbocycles. The Kier molecular flexibility index (Phi) is 10.8. The van der Waals surface area contributed by atoms with E-state index in [1.165, 1.54) is 62.0 Å². The van der Waals surface area contributed by atoms with E-state index in [4.69, 9.17) is 0 Å². The van der Waals surface area contributed by atoms with Crippen molar-refractivity contribution in [1.29, 1.82) is 0 Å². The maximum Gasteiger partial charge on any atom is 0.109 e. The summed E-state index contributed by atoms with van der Waals surface area (Å²) in [5.74, 6) is 0. The normalized spacial score (nSPS) is 11.1. The third-order valence-corrected chi connectivity index (χ3v) is 10.1. The monoisotopic (exact) mass is 482 g/mol. The molecule has 0 amide bonds. The van der Waals surface area contributed by atoms with Crippen molar-refractivity contribution in [3.8, 4) is 0 Å². The Bertz CT molecular complexity index is 805. The molecule has 0 nitrogen and oxygen atoms in total. The van der Waals surface area contributed by atoms with Crippen molar-refractivity contribution in [2.24, 2.45) is 0 Å². The summed E-state index contributed by atoms with van der Waals surface area (Å²) in [6.45, 7) is 4.79. The molecule has 2 heteroatoms. The van der Waals surface area contributed by atoms with Gasteiger partial charge in [-0.05, 0) is 48.7 Å². The Morgan fingerprint density at radius 2 is 1.03 bits per heavy atom. The van der Waals surface area contributed by atoms with E-state index in [0.717, 1.165) is 0 Å². The summed E-state index contributed by atoms with van der Waals surface area (Å²) in [4.78, 5) is 0. The minimum Gasteiger partial charge on any atom is -1.00 e. The van der Waals surface area contributed by atoms with Gasteiger partial charge in [-0.1, -0.05) is 100 Å². The molecule has 0 radical (unpaired) electrons. The van der Waals surface area contributed by atoms with E-state index >= 15 is 0 Å². The summed E-state index contributed by atoms with van der Waals surface area (Å²) in [5.41, 5.74) is 1.55. The second kappa shape index (κ2) is 13.1. The first-order valence-corrected chi connectivity index (χ1v) is 13.6. The van der Waals surface area contributed by atoms with E-state index < -0.39 is 7.26 Å². The molecule has 0 bridgehead atoms. The lowest BCUT2D eigenvalue weighted by Crippen LogP contribution is -3.00. The average Bonchev–Trinajstić information content (AvgIpc) is 2.79. The molecular weight excluding hydrogens is 447 g/mol. The van der Waals surface area contributed by atoms with E-state index in [-0.39, 0.29) is 17.0 Å². The second-order valence-corrected chi connectivity index (χ2v) is 11.7. The number of unbranched alkanes of at least 4 members (excludes halogenated alkanes) is 6. The molecule has 0 aliphatic carbocycles. The molecule has 160 valence electrons. The van der Waals surface area contributed by atoms with Crippen LogP contribution in [0.3, 0.4) is 0 Å². The van der Waals surface area contributed by atoms with Gasteiger partial charge in [0.25, 0.3) is 0 Å². The highest BCUT2D eigenvalue weighted by Gasteiger charge is 2.41. The minimum atomic E-state index is -1.63. The van der Waals surface area contributed by atoms with Gasteiger partial charge in [-0.3, -0.25) is 0 Å². The van der Waals surface area contributed by atoms with Crippen LogP contribution in [0.5, 0.6) is 0 Å². The maximum absolute atomic E-state index is 2.50. The molecule has 3 rings (SSSR count). The molecule has 30 heavy (non-hydrogen) atoms. The fourth-order valence-corrected chi connectivity index (χ4v) is 7.85. The third kappa shape index (κ3) is 6.29. The Labute approximate surface area is 195 Å². The van der Waals surface area contributed by atoms with Gasteiger partial charge in [0.2, 0.25) is 0 Å². The van der Waals surface area contributed by atoms with Crippen LogP contribution in [-0.2, 0) is 6.42 Å². The zero-order valence-corrected chi connectivity index (χ0v) is 21.0. The summed E-state index contributed by atoms with van der Waals surface area (Å²) in [7, 11) is -1.63. The second-order valence-electron chi connectivity index (χ2n) is 8.18. The molecule has 0 heterocycles. The molecule has 0 fully saturated rings. The van der Waals surface area contributed by atoms with Crippen LogP contribution in [0, 0.1) is 0 Å². The van der Waals surface area contributed by atoms with Crippen LogP contribution >= 0.6 is 7.26 Å². The van der Waals surface area contributed by atoms with Crippen molar-refractivity contribution in [1.82, 2.24) is 0 Å². The highest BCUT2D eigenvalue weighted by atomic mass is 79.9. The van der Waals surface area contributed by atoms with Crippen LogP contribution in [0.25, 0.3) is 0 Å². The molecule has 0 aliphatic heterocycles. The first-order chi connectivity index (χ1) is 14.3. The highest BCUT2D eigenvalue weighted by molar-refractivity contribution is 7.95. The number of aryl methyl sites for hydroxylation is 1. The van der Waals surface area contributed by atoms with Crippen molar-refractivity contribution in [3.63, 3.8) is 0 Å². The lowest BCUT2D eigenvalue weighted by Gasteiger charge is -2.25. The van der Waals surface area contributed by atoms with Gasteiger partial charge in [-0.2, -0.15) is 0 Å². The lowest BCUT2D eigenvalue weighted by atomic mass is 10.0. The number of hydrogen-bond donors (Lipinski definition) is 0. The molecule has 0 atom stereocenters. The highest BCUT2D eigenvalue weighted by Crippen LogP contribution is 2.52. The van der Waals surface area contributed by atoms with Gasteiger partial charge in [-0.15, -0.1) is 0 Å². The van der Waals surface area contributed by atoms with Gasteiger partial charge < -0.3 is 17.0 Å². The smallest absolute Gasteiger partial charge is 0.109 e. The number of halogens is 1. The Balaban J connectivity index is 0.00000320. The molecule has 0 aliphatic rings. The largest absolute Gasteiger partial charge is 1.00 e. The maximum atomic E-state index is 2.50. The first-order valence-electron chi connectivity index (χ1n) is 11.3. The number of hydrogen-bond acceptors (Lipinski definition) is 0. The molecule has 3 aromatic rings. The summed E-state index contributed by atoms with van der Waals surface area (Å²) in [5, 5.41) is 4.50. The summed E-state index contributed by atoms with van der Waals surface area (Å²) >= 11 is 0. The number of benzene rings is 3. The standard InChI is InChI=1S/C28H36P.BrH/c1-3-4-5-6-7-8-11-18-25-19-16-17-24-28(25)29(2,26-20-12-9-13-21-26)27-22-14-10-15-23-27;/h9-10,12-17,19-24H,3-8,11,18H2,1-2H3;1H/q+1;/p-1. The number of rotatable bonds is 11. The van der Waals surface area contributed by atoms with Crippen LogP contribution in [0.15, 0.2) is 84.9 Å².